The molecule has 2 aromatic rings. The molecule has 0 fully saturated rings. The van der Waals surface area contributed by atoms with E-state index in [-0.39, 0.29) is 0 Å². The van der Waals surface area contributed by atoms with Crippen LogP contribution < -0.4 is 5.32 Å². The maximum atomic E-state index is 6.09. The fourth-order valence-electron chi connectivity index (χ4n) is 1.28. The van der Waals surface area contributed by atoms with E-state index in [0.29, 0.717) is 11.0 Å². The molecular formula is C12H11BrClN3S. The van der Waals surface area contributed by atoms with Crippen LogP contribution in [0.2, 0.25) is 5.02 Å². The predicted octanol–water partition coefficient (Wildman–Crippen LogP) is 4.48. The summed E-state index contributed by atoms with van der Waals surface area (Å²) in [5, 5.41) is 4.38. The van der Waals surface area contributed by atoms with E-state index in [1.807, 2.05) is 31.2 Å². The summed E-state index contributed by atoms with van der Waals surface area (Å²) in [6, 6.07) is 8.01. The molecule has 2 rings (SSSR count). The standard InChI is InChI=1S/C12H11BrClN3S/c1-2-15-12-16-7-10(14)11(17-12)18-9-5-3-8(13)4-6-9/h3-7H,2H2,1H3,(H,15,16,17). The monoisotopic (exact) mass is 343 g/mol. The number of benzene rings is 1. The second kappa shape index (κ2) is 6.41. The lowest BCUT2D eigenvalue weighted by Gasteiger charge is -2.06. The maximum absolute atomic E-state index is 6.09. The normalized spacial score (nSPS) is 10.4. The third kappa shape index (κ3) is 3.60. The van der Waals surface area contributed by atoms with E-state index in [1.165, 1.54) is 11.8 Å². The summed E-state index contributed by atoms with van der Waals surface area (Å²) >= 11 is 11.0. The second-order valence-electron chi connectivity index (χ2n) is 3.43. The molecule has 18 heavy (non-hydrogen) atoms. The van der Waals surface area contributed by atoms with Crippen LogP contribution in [0, 0.1) is 0 Å². The van der Waals surface area contributed by atoms with Gasteiger partial charge in [-0.1, -0.05) is 39.3 Å². The van der Waals surface area contributed by atoms with E-state index < -0.39 is 0 Å². The van der Waals surface area contributed by atoms with Crippen molar-refractivity contribution in [2.45, 2.75) is 16.8 Å². The predicted molar refractivity (Wildman–Crippen MR) is 79.5 cm³/mol. The number of nitrogens with zero attached hydrogens (tertiary/aromatic N) is 2. The van der Waals surface area contributed by atoms with Gasteiger partial charge in [-0.15, -0.1) is 0 Å². The first-order valence-corrected chi connectivity index (χ1v) is 7.37. The van der Waals surface area contributed by atoms with E-state index in [1.54, 1.807) is 6.20 Å². The zero-order valence-electron chi connectivity index (χ0n) is 9.65. The van der Waals surface area contributed by atoms with Gasteiger partial charge in [-0.3, -0.25) is 0 Å². The fraction of sp³-hybridized carbons (Fsp3) is 0.167. The van der Waals surface area contributed by atoms with Crippen LogP contribution in [-0.2, 0) is 0 Å². The largest absolute Gasteiger partial charge is 0.354 e. The zero-order chi connectivity index (χ0) is 13.0. The van der Waals surface area contributed by atoms with Gasteiger partial charge in [0, 0.05) is 15.9 Å². The Bertz CT molecular complexity index is 533. The summed E-state index contributed by atoms with van der Waals surface area (Å²) in [4.78, 5) is 9.57. The summed E-state index contributed by atoms with van der Waals surface area (Å²) in [6.07, 6.45) is 1.62. The van der Waals surface area contributed by atoms with Gasteiger partial charge >= 0.3 is 0 Å². The highest BCUT2D eigenvalue weighted by Crippen LogP contribution is 2.32. The van der Waals surface area contributed by atoms with Crippen LogP contribution in [0.15, 0.2) is 44.9 Å². The molecule has 0 aliphatic heterocycles. The van der Waals surface area contributed by atoms with Crippen LogP contribution in [0.1, 0.15) is 6.92 Å². The SMILES string of the molecule is CCNc1ncc(Cl)c(Sc2ccc(Br)cc2)n1. The first-order chi connectivity index (χ1) is 8.69. The number of hydrogen-bond donors (Lipinski definition) is 1. The summed E-state index contributed by atoms with van der Waals surface area (Å²) in [6.45, 7) is 2.78. The van der Waals surface area contributed by atoms with Crippen LogP contribution in [-0.4, -0.2) is 16.5 Å². The lowest BCUT2D eigenvalue weighted by atomic mass is 10.4. The van der Waals surface area contributed by atoms with Crippen molar-refractivity contribution < 1.29 is 0 Å². The first kappa shape index (κ1) is 13.6. The van der Waals surface area contributed by atoms with Crippen molar-refractivity contribution >= 4 is 45.2 Å². The molecule has 0 spiro atoms. The lowest BCUT2D eigenvalue weighted by Crippen LogP contribution is -2.02. The molecule has 0 atom stereocenters. The third-order valence-corrected chi connectivity index (χ3v) is 4.00. The Labute approximate surface area is 124 Å². The Hall–Kier alpha value is -0.780. The van der Waals surface area contributed by atoms with Crippen LogP contribution in [0.4, 0.5) is 5.95 Å². The lowest BCUT2D eigenvalue weighted by molar-refractivity contribution is 1.01. The number of rotatable bonds is 4. The second-order valence-corrected chi connectivity index (χ2v) is 5.82. The van der Waals surface area contributed by atoms with Crippen LogP contribution in [0.5, 0.6) is 0 Å². The Kier molecular flexibility index (Phi) is 4.86. The van der Waals surface area contributed by atoms with Crippen molar-refractivity contribution in [2.75, 3.05) is 11.9 Å². The van der Waals surface area contributed by atoms with E-state index in [9.17, 15) is 0 Å². The van der Waals surface area contributed by atoms with Crippen molar-refractivity contribution in [3.8, 4) is 0 Å². The van der Waals surface area contributed by atoms with Crippen molar-refractivity contribution in [1.29, 1.82) is 0 Å². The number of halogens is 2. The van der Waals surface area contributed by atoms with Gasteiger partial charge in [0.05, 0.1) is 11.2 Å². The molecule has 0 radical (unpaired) electrons. The average Bonchev–Trinajstić information content (AvgIpc) is 2.36. The summed E-state index contributed by atoms with van der Waals surface area (Å²) in [7, 11) is 0. The number of anilines is 1. The summed E-state index contributed by atoms with van der Waals surface area (Å²) in [5.74, 6) is 0.599. The van der Waals surface area contributed by atoms with Gasteiger partial charge < -0.3 is 5.32 Å². The highest BCUT2D eigenvalue weighted by molar-refractivity contribution is 9.10. The molecule has 1 heterocycles. The molecule has 0 aliphatic rings. The minimum Gasteiger partial charge on any atom is -0.354 e. The van der Waals surface area contributed by atoms with Crippen molar-refractivity contribution in [3.63, 3.8) is 0 Å². The summed E-state index contributed by atoms with van der Waals surface area (Å²) in [5.41, 5.74) is 0. The number of nitrogens with one attached hydrogen (secondary N) is 1. The molecule has 0 amide bonds. The van der Waals surface area contributed by atoms with Gasteiger partial charge in [-0.2, -0.15) is 0 Å². The Morgan fingerprint density at radius 1 is 1.33 bits per heavy atom. The van der Waals surface area contributed by atoms with E-state index in [0.717, 1.165) is 20.9 Å². The molecule has 1 aromatic heterocycles. The van der Waals surface area contributed by atoms with Gasteiger partial charge in [0.1, 0.15) is 5.03 Å². The van der Waals surface area contributed by atoms with Gasteiger partial charge in [0.15, 0.2) is 0 Å². The Morgan fingerprint density at radius 3 is 2.72 bits per heavy atom. The van der Waals surface area contributed by atoms with Crippen molar-refractivity contribution in [2.24, 2.45) is 0 Å². The Balaban J connectivity index is 2.22. The molecule has 0 bridgehead atoms. The third-order valence-electron chi connectivity index (χ3n) is 2.07. The maximum Gasteiger partial charge on any atom is 0.223 e. The molecule has 94 valence electrons. The van der Waals surface area contributed by atoms with E-state index >= 15 is 0 Å². The van der Waals surface area contributed by atoms with E-state index in [4.69, 9.17) is 11.6 Å². The quantitative estimate of drug-likeness (QED) is 0.830. The van der Waals surface area contributed by atoms with Gasteiger partial charge in [0.25, 0.3) is 0 Å². The minimum absolute atomic E-state index is 0.560. The summed E-state index contributed by atoms with van der Waals surface area (Å²) < 4.78 is 1.05. The minimum atomic E-state index is 0.560. The zero-order valence-corrected chi connectivity index (χ0v) is 12.8. The molecule has 1 N–H and O–H groups in total. The molecule has 0 saturated carbocycles. The molecule has 0 unspecified atom stereocenters. The Morgan fingerprint density at radius 2 is 2.06 bits per heavy atom. The van der Waals surface area contributed by atoms with Crippen LogP contribution in [0.3, 0.4) is 0 Å². The first-order valence-electron chi connectivity index (χ1n) is 5.39. The highest BCUT2D eigenvalue weighted by atomic mass is 79.9. The molecule has 0 saturated heterocycles. The molecule has 6 heteroatoms. The van der Waals surface area contributed by atoms with Crippen LogP contribution >= 0.6 is 39.3 Å². The van der Waals surface area contributed by atoms with Crippen LogP contribution in [0.25, 0.3) is 0 Å². The van der Waals surface area contributed by atoms with E-state index in [2.05, 4.69) is 31.2 Å². The molecule has 0 aliphatic carbocycles. The van der Waals surface area contributed by atoms with Gasteiger partial charge in [-0.25, -0.2) is 9.97 Å². The highest BCUT2D eigenvalue weighted by Gasteiger charge is 2.07. The average molecular weight is 345 g/mol. The van der Waals surface area contributed by atoms with Gasteiger partial charge in [-0.05, 0) is 31.2 Å². The van der Waals surface area contributed by atoms with Crippen molar-refractivity contribution in [3.05, 3.63) is 40.0 Å². The topological polar surface area (TPSA) is 37.8 Å². The smallest absolute Gasteiger partial charge is 0.223 e. The van der Waals surface area contributed by atoms with Gasteiger partial charge in [0.2, 0.25) is 5.95 Å². The van der Waals surface area contributed by atoms with Crippen molar-refractivity contribution in [1.82, 2.24) is 9.97 Å². The number of aromatic nitrogens is 2. The fourth-order valence-corrected chi connectivity index (χ4v) is 2.53. The molecule has 3 nitrogen and oxygen atoms in total. The number of hydrogen-bond acceptors (Lipinski definition) is 4. The molecule has 1 aromatic carbocycles. The molecular weight excluding hydrogens is 334 g/mol.